The lowest BCUT2D eigenvalue weighted by Gasteiger charge is -2.24. The first-order valence-corrected chi connectivity index (χ1v) is 10.7. The number of aromatic amines is 1. The molecule has 7 nitrogen and oxygen atoms in total. The number of nitrogens with one attached hydrogen (secondary N) is 1. The lowest BCUT2D eigenvalue weighted by atomic mass is 10.1. The maximum absolute atomic E-state index is 13.1. The number of hydrogen-bond donors (Lipinski definition) is 1. The molecule has 0 unspecified atom stereocenters. The predicted molar refractivity (Wildman–Crippen MR) is 122 cm³/mol. The van der Waals surface area contributed by atoms with Crippen molar-refractivity contribution in [3.05, 3.63) is 64.4 Å². The average molecular weight is 433 g/mol. The highest BCUT2D eigenvalue weighted by molar-refractivity contribution is 7.71. The molecule has 0 aliphatic carbocycles. The summed E-state index contributed by atoms with van der Waals surface area (Å²) in [5.74, 6) is 0.708. The second-order valence-electron chi connectivity index (χ2n) is 7.68. The number of benzene rings is 2. The van der Waals surface area contributed by atoms with Crippen LogP contribution in [0.2, 0.25) is 0 Å². The molecule has 0 radical (unpaired) electrons. The summed E-state index contributed by atoms with van der Waals surface area (Å²) in [6, 6.07) is 17.8. The zero-order chi connectivity index (χ0) is 21.8. The molecule has 0 bridgehead atoms. The van der Waals surface area contributed by atoms with E-state index in [2.05, 4.69) is 21.2 Å². The van der Waals surface area contributed by atoms with Gasteiger partial charge in [-0.3, -0.25) is 14.5 Å². The summed E-state index contributed by atoms with van der Waals surface area (Å²) in [5.41, 5.74) is 3.81. The van der Waals surface area contributed by atoms with Gasteiger partial charge in [0.25, 0.3) is 0 Å². The minimum absolute atomic E-state index is 0.0348. The molecule has 1 N–H and O–H groups in total. The monoisotopic (exact) mass is 432 g/mol. The number of carbonyl (C=O) groups excluding carboxylic acids is 1. The summed E-state index contributed by atoms with van der Waals surface area (Å²) in [5, 5.41) is 16.1. The summed E-state index contributed by atoms with van der Waals surface area (Å²) < 4.78 is 2.21. The first-order valence-electron chi connectivity index (χ1n) is 10.3. The van der Waals surface area contributed by atoms with Crippen molar-refractivity contribution in [3.8, 4) is 17.5 Å². The third-order valence-electron chi connectivity index (χ3n) is 5.57. The van der Waals surface area contributed by atoms with Crippen molar-refractivity contribution in [2.45, 2.75) is 19.9 Å². The van der Waals surface area contributed by atoms with E-state index >= 15 is 0 Å². The number of aromatic nitrogens is 3. The molecular weight excluding hydrogens is 408 g/mol. The highest BCUT2D eigenvalue weighted by Gasteiger charge is 2.21. The van der Waals surface area contributed by atoms with Gasteiger partial charge in [-0.1, -0.05) is 29.8 Å². The zero-order valence-electron chi connectivity index (χ0n) is 17.4. The van der Waals surface area contributed by atoms with Crippen LogP contribution in [-0.2, 0) is 11.3 Å². The van der Waals surface area contributed by atoms with Crippen molar-refractivity contribution in [1.82, 2.24) is 19.7 Å². The van der Waals surface area contributed by atoms with Crippen LogP contribution in [0.5, 0.6) is 0 Å². The number of nitrogens with zero attached hydrogens (tertiary/aromatic N) is 5. The van der Waals surface area contributed by atoms with Gasteiger partial charge in [-0.2, -0.15) is 10.4 Å². The van der Waals surface area contributed by atoms with Crippen LogP contribution in [0.25, 0.3) is 11.4 Å². The summed E-state index contributed by atoms with van der Waals surface area (Å²) in [6.45, 7) is 5.16. The van der Waals surface area contributed by atoms with Crippen molar-refractivity contribution in [3.63, 3.8) is 0 Å². The number of carbonyl (C=O) groups is 1. The minimum atomic E-state index is 0.0348. The molecule has 1 aliphatic heterocycles. The summed E-state index contributed by atoms with van der Waals surface area (Å²) in [4.78, 5) is 17.3. The van der Waals surface area contributed by atoms with Gasteiger partial charge in [-0.15, -0.1) is 0 Å². The van der Waals surface area contributed by atoms with E-state index in [1.165, 1.54) is 0 Å². The Morgan fingerprint density at radius 3 is 2.55 bits per heavy atom. The molecule has 2 heterocycles. The molecule has 1 saturated heterocycles. The maximum Gasteiger partial charge on any atom is 0.242 e. The van der Waals surface area contributed by atoms with Crippen LogP contribution in [-0.4, -0.2) is 51.8 Å². The highest BCUT2D eigenvalue weighted by atomic mass is 32.1. The zero-order valence-corrected chi connectivity index (χ0v) is 18.2. The largest absolute Gasteiger partial charge is 0.370 e. The number of nitriles is 1. The van der Waals surface area contributed by atoms with Gasteiger partial charge in [-0.05, 0) is 49.8 Å². The molecule has 1 fully saturated rings. The van der Waals surface area contributed by atoms with E-state index in [1.54, 1.807) is 4.57 Å². The molecule has 31 heavy (non-hydrogen) atoms. The van der Waals surface area contributed by atoms with E-state index in [4.69, 9.17) is 17.5 Å². The molecule has 0 spiro atoms. The lowest BCUT2D eigenvalue weighted by molar-refractivity contribution is -0.131. The Morgan fingerprint density at radius 1 is 1.10 bits per heavy atom. The summed E-state index contributed by atoms with van der Waals surface area (Å²) >= 11 is 5.39. The molecule has 1 aromatic heterocycles. The smallest absolute Gasteiger partial charge is 0.242 e. The van der Waals surface area contributed by atoms with Gasteiger partial charge in [0.15, 0.2) is 10.6 Å². The molecule has 2 aromatic carbocycles. The SMILES string of the molecule is Cc1ccc(-c2n[nH]c(=S)n2CC(=O)N2CCCN(c3ccc(C#N)cc3)CC2)cc1. The van der Waals surface area contributed by atoms with E-state index in [-0.39, 0.29) is 12.5 Å². The van der Waals surface area contributed by atoms with Crippen LogP contribution >= 0.6 is 12.2 Å². The molecule has 0 atom stereocenters. The Morgan fingerprint density at radius 2 is 1.84 bits per heavy atom. The van der Waals surface area contributed by atoms with Crippen molar-refractivity contribution < 1.29 is 4.79 Å². The first kappa shape index (κ1) is 20.8. The second-order valence-corrected chi connectivity index (χ2v) is 8.07. The molecule has 1 aliphatic rings. The quantitative estimate of drug-likeness (QED) is 0.638. The highest BCUT2D eigenvalue weighted by Crippen LogP contribution is 2.20. The van der Waals surface area contributed by atoms with Crippen LogP contribution in [0, 0.1) is 23.0 Å². The average Bonchev–Trinajstić information content (AvgIpc) is 3.00. The second kappa shape index (κ2) is 9.14. The van der Waals surface area contributed by atoms with E-state index < -0.39 is 0 Å². The Hall–Kier alpha value is -3.44. The van der Waals surface area contributed by atoms with Crippen LogP contribution in [0.4, 0.5) is 5.69 Å². The van der Waals surface area contributed by atoms with E-state index in [0.717, 1.165) is 36.3 Å². The molecule has 4 rings (SSSR count). The number of hydrogen-bond acceptors (Lipinski definition) is 5. The Labute approximate surface area is 186 Å². The normalized spacial score (nSPS) is 14.2. The van der Waals surface area contributed by atoms with Crippen molar-refractivity contribution in [1.29, 1.82) is 5.26 Å². The topological polar surface area (TPSA) is 81.0 Å². The lowest BCUT2D eigenvalue weighted by Crippen LogP contribution is -2.37. The minimum Gasteiger partial charge on any atom is -0.370 e. The number of anilines is 1. The first-order chi connectivity index (χ1) is 15.0. The van der Waals surface area contributed by atoms with Crippen molar-refractivity contribution in [2.75, 3.05) is 31.1 Å². The molecule has 158 valence electrons. The van der Waals surface area contributed by atoms with Crippen molar-refractivity contribution >= 4 is 23.8 Å². The molecule has 1 amide bonds. The maximum atomic E-state index is 13.1. The Kier molecular flexibility index (Phi) is 6.14. The standard InChI is InChI=1S/C23H24N6OS/c1-17-3-7-19(8-4-17)22-25-26-23(31)29(22)16-21(30)28-12-2-11-27(13-14-28)20-9-5-18(15-24)6-10-20/h3-10H,2,11-14,16H2,1H3,(H,26,31). The molecular formula is C23H24N6OS. The summed E-state index contributed by atoms with van der Waals surface area (Å²) in [6.07, 6.45) is 0.882. The van der Waals surface area contributed by atoms with Crippen molar-refractivity contribution in [2.24, 2.45) is 0 Å². The van der Waals surface area contributed by atoms with Crippen LogP contribution in [0.1, 0.15) is 17.5 Å². The Bertz CT molecular complexity index is 1160. The van der Waals surface area contributed by atoms with Crippen LogP contribution < -0.4 is 4.90 Å². The van der Waals surface area contributed by atoms with E-state index in [0.29, 0.717) is 29.2 Å². The van der Waals surface area contributed by atoms with Gasteiger partial charge in [0.05, 0.1) is 11.6 Å². The van der Waals surface area contributed by atoms with Gasteiger partial charge in [-0.25, -0.2) is 0 Å². The van der Waals surface area contributed by atoms with Gasteiger partial charge in [0, 0.05) is 37.4 Å². The third-order valence-corrected chi connectivity index (χ3v) is 5.88. The number of aryl methyl sites for hydroxylation is 1. The summed E-state index contributed by atoms with van der Waals surface area (Å²) in [7, 11) is 0. The van der Waals surface area contributed by atoms with Gasteiger partial charge < -0.3 is 9.80 Å². The number of rotatable bonds is 4. The van der Waals surface area contributed by atoms with Gasteiger partial charge in [0.2, 0.25) is 5.91 Å². The van der Waals surface area contributed by atoms with Crippen LogP contribution in [0.3, 0.4) is 0 Å². The fourth-order valence-electron chi connectivity index (χ4n) is 3.79. The molecule has 3 aromatic rings. The van der Waals surface area contributed by atoms with Gasteiger partial charge in [0.1, 0.15) is 6.54 Å². The molecule has 8 heteroatoms. The van der Waals surface area contributed by atoms with E-state index in [1.807, 2.05) is 60.4 Å². The van der Waals surface area contributed by atoms with Crippen LogP contribution in [0.15, 0.2) is 48.5 Å². The molecule has 0 saturated carbocycles. The third kappa shape index (κ3) is 4.67. The fraction of sp³-hybridized carbons (Fsp3) is 0.304. The van der Waals surface area contributed by atoms with E-state index in [9.17, 15) is 4.79 Å². The number of H-pyrrole nitrogens is 1. The predicted octanol–water partition coefficient (Wildman–Crippen LogP) is 3.53. The fourth-order valence-corrected chi connectivity index (χ4v) is 3.99. The number of amides is 1. The van der Waals surface area contributed by atoms with Gasteiger partial charge >= 0.3 is 0 Å². The Balaban J connectivity index is 1.45.